The highest BCUT2D eigenvalue weighted by molar-refractivity contribution is 7.98. The fourth-order valence-corrected chi connectivity index (χ4v) is 4.57. The summed E-state index contributed by atoms with van der Waals surface area (Å²) >= 11 is 8.11. The van der Waals surface area contributed by atoms with Gasteiger partial charge in [-0.3, -0.25) is 0 Å². The summed E-state index contributed by atoms with van der Waals surface area (Å²) in [5.74, 6) is 0.780. The molecule has 29 heavy (non-hydrogen) atoms. The van der Waals surface area contributed by atoms with Crippen molar-refractivity contribution < 1.29 is 0 Å². The first-order valence-corrected chi connectivity index (χ1v) is 11.0. The second kappa shape index (κ2) is 7.85. The smallest absolute Gasteiger partial charge is 0.164 e. The van der Waals surface area contributed by atoms with Crippen LogP contribution in [0.2, 0.25) is 5.02 Å². The van der Waals surface area contributed by atoms with Gasteiger partial charge in [-0.05, 0) is 30.2 Å². The lowest BCUT2D eigenvalue weighted by Crippen LogP contribution is -2.15. The normalized spacial score (nSPS) is 11.9. The van der Waals surface area contributed by atoms with Crippen molar-refractivity contribution in [1.29, 1.82) is 0 Å². The van der Waals surface area contributed by atoms with Gasteiger partial charge in [0.2, 0.25) is 0 Å². The van der Waals surface area contributed by atoms with Crippen LogP contribution < -0.4 is 0 Å². The van der Waals surface area contributed by atoms with Crippen LogP contribution in [0.5, 0.6) is 0 Å². The SMILES string of the molecule is Cc1nn2c(SCc3ccccc3Cl)cc(C(C)(C)C)nc2c1-c1ccccc1. The quantitative estimate of drug-likeness (QED) is 0.264. The molecular weight excluding hydrogens is 398 g/mol. The maximum absolute atomic E-state index is 6.37. The molecule has 0 saturated carbocycles. The van der Waals surface area contributed by atoms with Gasteiger partial charge < -0.3 is 0 Å². The molecule has 0 aliphatic heterocycles. The van der Waals surface area contributed by atoms with Crippen molar-refractivity contribution in [1.82, 2.24) is 14.6 Å². The molecule has 0 aliphatic carbocycles. The molecule has 2 heterocycles. The summed E-state index contributed by atoms with van der Waals surface area (Å²) in [6.07, 6.45) is 0. The molecule has 0 atom stereocenters. The van der Waals surface area contributed by atoms with Crippen LogP contribution >= 0.6 is 23.4 Å². The van der Waals surface area contributed by atoms with Crippen molar-refractivity contribution in [3.63, 3.8) is 0 Å². The first-order chi connectivity index (χ1) is 13.8. The van der Waals surface area contributed by atoms with Gasteiger partial charge in [0.15, 0.2) is 5.65 Å². The minimum atomic E-state index is -0.0619. The van der Waals surface area contributed by atoms with E-state index in [-0.39, 0.29) is 5.41 Å². The lowest BCUT2D eigenvalue weighted by atomic mass is 9.92. The molecule has 5 heteroatoms. The summed E-state index contributed by atoms with van der Waals surface area (Å²) in [4.78, 5) is 5.04. The van der Waals surface area contributed by atoms with Gasteiger partial charge in [-0.1, -0.05) is 80.9 Å². The Bertz CT molecular complexity index is 1160. The van der Waals surface area contributed by atoms with E-state index >= 15 is 0 Å². The summed E-state index contributed by atoms with van der Waals surface area (Å²) in [6.45, 7) is 8.63. The third-order valence-corrected chi connectivity index (χ3v) is 6.31. The third kappa shape index (κ3) is 4.05. The van der Waals surface area contributed by atoms with E-state index in [1.807, 2.05) is 28.8 Å². The van der Waals surface area contributed by atoms with E-state index in [1.54, 1.807) is 11.8 Å². The Morgan fingerprint density at radius 3 is 2.38 bits per heavy atom. The Kier molecular flexibility index (Phi) is 5.41. The number of thioether (sulfide) groups is 1. The molecule has 0 fully saturated rings. The molecule has 0 saturated heterocycles. The summed E-state index contributed by atoms with van der Waals surface area (Å²) in [6, 6.07) is 20.5. The van der Waals surface area contributed by atoms with Crippen molar-refractivity contribution in [3.05, 3.63) is 82.6 Å². The Hall–Kier alpha value is -2.30. The molecule has 0 bridgehead atoms. The lowest BCUT2D eigenvalue weighted by molar-refractivity contribution is 0.563. The highest BCUT2D eigenvalue weighted by Crippen LogP contribution is 2.34. The molecule has 0 radical (unpaired) electrons. The number of rotatable bonds is 4. The highest BCUT2D eigenvalue weighted by Gasteiger charge is 2.22. The molecular formula is C24H24ClN3S. The molecule has 0 amide bonds. The van der Waals surface area contributed by atoms with E-state index in [0.717, 1.165) is 49.5 Å². The Morgan fingerprint density at radius 1 is 1.00 bits per heavy atom. The highest BCUT2D eigenvalue weighted by atomic mass is 35.5. The molecule has 0 aliphatic rings. The van der Waals surface area contributed by atoms with Gasteiger partial charge in [-0.2, -0.15) is 5.10 Å². The summed E-state index contributed by atoms with van der Waals surface area (Å²) in [5.41, 5.74) is 6.24. The third-order valence-electron chi connectivity index (χ3n) is 4.90. The Balaban J connectivity index is 1.86. The standard InChI is InChI=1S/C24H24ClN3S/c1-16-22(17-10-6-5-7-11-17)23-26-20(24(2,3)4)14-21(28(23)27-16)29-15-18-12-8-9-13-19(18)25/h5-14H,15H2,1-4H3. The average molecular weight is 422 g/mol. The van der Waals surface area contributed by atoms with E-state index < -0.39 is 0 Å². The fourth-order valence-electron chi connectivity index (χ4n) is 3.29. The predicted molar refractivity (Wildman–Crippen MR) is 123 cm³/mol. The minimum Gasteiger partial charge on any atom is -0.232 e. The van der Waals surface area contributed by atoms with Crippen molar-refractivity contribution in [3.8, 4) is 11.1 Å². The van der Waals surface area contributed by atoms with Crippen molar-refractivity contribution in [2.45, 2.75) is 43.9 Å². The van der Waals surface area contributed by atoms with Crippen LogP contribution in [-0.4, -0.2) is 14.6 Å². The number of aromatic nitrogens is 3. The molecule has 148 valence electrons. The summed E-state index contributed by atoms with van der Waals surface area (Å²) < 4.78 is 1.98. The Morgan fingerprint density at radius 2 is 1.69 bits per heavy atom. The number of benzene rings is 2. The first kappa shape index (κ1) is 20.0. The van der Waals surface area contributed by atoms with Crippen molar-refractivity contribution in [2.24, 2.45) is 0 Å². The molecule has 0 unspecified atom stereocenters. The molecule has 2 aromatic heterocycles. The molecule has 2 aromatic carbocycles. The van der Waals surface area contributed by atoms with Gasteiger partial charge in [0.05, 0.1) is 11.4 Å². The number of hydrogen-bond donors (Lipinski definition) is 0. The predicted octanol–water partition coefficient (Wildman–Crippen LogP) is 6.95. The number of aryl methyl sites for hydroxylation is 1. The van der Waals surface area contributed by atoms with Gasteiger partial charge in [-0.25, -0.2) is 9.50 Å². The van der Waals surface area contributed by atoms with Crippen LogP contribution in [0.15, 0.2) is 65.7 Å². The maximum atomic E-state index is 6.37. The molecule has 3 nitrogen and oxygen atoms in total. The van der Waals surface area contributed by atoms with Gasteiger partial charge in [-0.15, -0.1) is 11.8 Å². The van der Waals surface area contributed by atoms with Crippen LogP contribution in [0.4, 0.5) is 0 Å². The monoisotopic (exact) mass is 421 g/mol. The maximum Gasteiger partial charge on any atom is 0.164 e. The van der Waals surface area contributed by atoms with Crippen LogP contribution in [-0.2, 0) is 11.2 Å². The molecule has 0 N–H and O–H groups in total. The van der Waals surface area contributed by atoms with Crippen molar-refractivity contribution >= 4 is 29.0 Å². The van der Waals surface area contributed by atoms with Crippen molar-refractivity contribution in [2.75, 3.05) is 0 Å². The first-order valence-electron chi connectivity index (χ1n) is 9.67. The van der Waals surface area contributed by atoms with Gasteiger partial charge in [0, 0.05) is 21.8 Å². The van der Waals surface area contributed by atoms with Crippen LogP contribution in [0.25, 0.3) is 16.8 Å². The number of fused-ring (bicyclic) bond motifs is 1. The van der Waals surface area contributed by atoms with Gasteiger partial charge in [0.1, 0.15) is 5.03 Å². The summed E-state index contributed by atoms with van der Waals surface area (Å²) in [5, 5.41) is 6.72. The van der Waals surface area contributed by atoms with E-state index in [9.17, 15) is 0 Å². The van der Waals surface area contributed by atoms with Gasteiger partial charge in [0.25, 0.3) is 0 Å². The molecule has 0 spiro atoms. The zero-order valence-corrected chi connectivity index (χ0v) is 18.7. The zero-order valence-electron chi connectivity index (χ0n) is 17.1. The molecule has 4 rings (SSSR count). The van der Waals surface area contributed by atoms with E-state index in [4.69, 9.17) is 21.7 Å². The largest absolute Gasteiger partial charge is 0.232 e. The number of hydrogen-bond acceptors (Lipinski definition) is 3. The fraction of sp³-hybridized carbons (Fsp3) is 0.250. The Labute approximate surface area is 181 Å². The van der Waals surface area contributed by atoms with Crippen LogP contribution in [0, 0.1) is 6.92 Å². The second-order valence-corrected chi connectivity index (χ2v) is 9.57. The topological polar surface area (TPSA) is 30.2 Å². The summed E-state index contributed by atoms with van der Waals surface area (Å²) in [7, 11) is 0. The van der Waals surface area contributed by atoms with E-state index in [2.05, 4.69) is 64.1 Å². The van der Waals surface area contributed by atoms with Crippen LogP contribution in [0.3, 0.4) is 0 Å². The second-order valence-electron chi connectivity index (χ2n) is 8.17. The number of halogens is 1. The van der Waals surface area contributed by atoms with E-state index in [0.29, 0.717) is 0 Å². The van der Waals surface area contributed by atoms with Crippen LogP contribution in [0.1, 0.15) is 37.7 Å². The van der Waals surface area contributed by atoms with E-state index in [1.165, 1.54) is 0 Å². The van der Waals surface area contributed by atoms with Gasteiger partial charge >= 0.3 is 0 Å². The number of nitrogens with zero attached hydrogens (tertiary/aromatic N) is 3. The lowest BCUT2D eigenvalue weighted by Gasteiger charge is -2.19. The average Bonchev–Trinajstić information content (AvgIpc) is 3.03. The zero-order chi connectivity index (χ0) is 20.6. The minimum absolute atomic E-state index is 0.0619. The molecule has 4 aromatic rings.